The van der Waals surface area contributed by atoms with Crippen LogP contribution in [0.2, 0.25) is 0 Å². The predicted octanol–water partition coefficient (Wildman–Crippen LogP) is 0.434. The van der Waals surface area contributed by atoms with E-state index in [4.69, 9.17) is 0 Å². The Labute approximate surface area is 110 Å². The first-order valence-corrected chi connectivity index (χ1v) is 8.13. The van der Waals surface area contributed by atoms with Crippen molar-refractivity contribution in [2.24, 2.45) is 0 Å². The summed E-state index contributed by atoms with van der Waals surface area (Å²) in [5.41, 5.74) is 0. The monoisotopic (exact) mass is 289 g/mol. The number of nitrogens with zero attached hydrogens (tertiary/aromatic N) is 2. The predicted molar refractivity (Wildman–Crippen MR) is 67.7 cm³/mol. The van der Waals surface area contributed by atoms with E-state index in [1.165, 1.54) is 6.20 Å². The molecule has 18 heavy (non-hydrogen) atoms. The van der Waals surface area contributed by atoms with Crippen molar-refractivity contribution in [1.29, 1.82) is 0 Å². The summed E-state index contributed by atoms with van der Waals surface area (Å²) < 4.78 is 26.0. The highest BCUT2D eigenvalue weighted by Gasteiger charge is 2.20. The Hall–Kier alpha value is -0.990. The van der Waals surface area contributed by atoms with Gasteiger partial charge in [0.2, 0.25) is 10.2 Å². The number of hydrogen-bond acceptors (Lipinski definition) is 5. The summed E-state index contributed by atoms with van der Waals surface area (Å²) >= 11 is 1.09. The zero-order valence-corrected chi connectivity index (χ0v) is 11.5. The van der Waals surface area contributed by atoms with Crippen LogP contribution >= 0.6 is 11.3 Å². The Morgan fingerprint density at radius 1 is 1.50 bits per heavy atom. The van der Waals surface area contributed by atoms with Crippen molar-refractivity contribution < 1.29 is 13.2 Å². The van der Waals surface area contributed by atoms with Gasteiger partial charge in [0.25, 0.3) is 10.0 Å². The van der Waals surface area contributed by atoms with Gasteiger partial charge >= 0.3 is 0 Å². The third-order valence-electron chi connectivity index (χ3n) is 2.71. The number of aromatic nitrogens is 1. The molecule has 0 saturated carbocycles. The van der Waals surface area contributed by atoms with E-state index in [1.54, 1.807) is 10.3 Å². The molecule has 2 rings (SSSR count). The van der Waals surface area contributed by atoms with Gasteiger partial charge in [-0.2, -0.15) is 0 Å². The van der Waals surface area contributed by atoms with Crippen LogP contribution in [0.1, 0.15) is 19.3 Å². The summed E-state index contributed by atoms with van der Waals surface area (Å²) in [5.74, 6) is 0.165. The van der Waals surface area contributed by atoms with Gasteiger partial charge in [0.05, 0.1) is 0 Å². The summed E-state index contributed by atoms with van der Waals surface area (Å²) in [5, 5.41) is 1.62. The highest BCUT2D eigenvalue weighted by Crippen LogP contribution is 2.12. The SMILES string of the molecule is O=C1CCCN1CCCNS(=O)(=O)c1nccs1. The van der Waals surface area contributed by atoms with E-state index >= 15 is 0 Å². The van der Waals surface area contributed by atoms with Crippen LogP contribution in [0.3, 0.4) is 0 Å². The molecule has 0 radical (unpaired) electrons. The van der Waals surface area contributed by atoms with Crippen molar-refractivity contribution >= 4 is 27.3 Å². The Bertz CT molecular complexity index is 498. The first-order valence-electron chi connectivity index (χ1n) is 5.76. The maximum Gasteiger partial charge on any atom is 0.267 e. The molecule has 1 saturated heterocycles. The van der Waals surface area contributed by atoms with Crippen LogP contribution in [-0.2, 0) is 14.8 Å². The molecule has 0 aliphatic carbocycles. The third-order valence-corrected chi connectivity index (χ3v) is 5.37. The fourth-order valence-electron chi connectivity index (χ4n) is 1.82. The number of sulfonamides is 1. The second-order valence-electron chi connectivity index (χ2n) is 4.03. The van der Waals surface area contributed by atoms with Crippen molar-refractivity contribution in [2.45, 2.75) is 23.6 Å². The summed E-state index contributed by atoms with van der Waals surface area (Å²) in [6, 6.07) is 0. The molecular weight excluding hydrogens is 274 g/mol. The van der Waals surface area contributed by atoms with Crippen molar-refractivity contribution in [3.63, 3.8) is 0 Å². The Kier molecular flexibility index (Phi) is 4.31. The number of carbonyl (C=O) groups is 1. The van der Waals surface area contributed by atoms with Gasteiger partial charge in [-0.3, -0.25) is 4.79 Å². The summed E-state index contributed by atoms with van der Waals surface area (Å²) in [6.45, 7) is 1.73. The zero-order chi connectivity index (χ0) is 13.0. The number of nitrogens with one attached hydrogen (secondary N) is 1. The summed E-state index contributed by atoms with van der Waals surface area (Å²) in [7, 11) is -3.47. The van der Waals surface area contributed by atoms with E-state index < -0.39 is 10.0 Å². The van der Waals surface area contributed by atoms with Crippen molar-refractivity contribution in [3.8, 4) is 0 Å². The minimum absolute atomic E-state index is 0.0831. The molecule has 1 fully saturated rings. The van der Waals surface area contributed by atoms with Crippen LogP contribution in [0.4, 0.5) is 0 Å². The minimum Gasteiger partial charge on any atom is -0.343 e. The number of thiazole rings is 1. The highest BCUT2D eigenvalue weighted by atomic mass is 32.2. The first-order chi connectivity index (χ1) is 8.59. The normalized spacial score (nSPS) is 16.4. The van der Waals surface area contributed by atoms with Gasteiger partial charge in [-0.25, -0.2) is 18.1 Å². The molecule has 2 heterocycles. The molecule has 6 nitrogen and oxygen atoms in total. The van der Waals surface area contributed by atoms with Crippen molar-refractivity contribution in [1.82, 2.24) is 14.6 Å². The molecule has 1 aliphatic rings. The van der Waals surface area contributed by atoms with Gasteiger partial charge in [0.15, 0.2) is 0 Å². The Morgan fingerprint density at radius 2 is 2.33 bits per heavy atom. The first kappa shape index (κ1) is 13.4. The molecule has 1 amide bonds. The van der Waals surface area contributed by atoms with Gasteiger partial charge in [0, 0.05) is 37.6 Å². The van der Waals surface area contributed by atoms with E-state index in [1.807, 2.05) is 0 Å². The molecular formula is C10H15N3O3S2. The molecule has 0 bridgehead atoms. The van der Waals surface area contributed by atoms with E-state index in [0.717, 1.165) is 24.3 Å². The molecule has 0 atom stereocenters. The fraction of sp³-hybridized carbons (Fsp3) is 0.600. The minimum atomic E-state index is -3.47. The standard InChI is InChI=1S/C10H15N3O3S2/c14-9-3-1-6-13(9)7-2-4-12-18(15,16)10-11-5-8-17-10/h5,8,12H,1-4,6-7H2. The maximum atomic E-state index is 11.7. The van der Waals surface area contributed by atoms with Crippen LogP contribution in [0, 0.1) is 0 Å². The molecule has 0 unspecified atom stereocenters. The molecule has 1 aromatic heterocycles. The smallest absolute Gasteiger partial charge is 0.267 e. The van der Waals surface area contributed by atoms with Crippen LogP contribution in [0.15, 0.2) is 15.9 Å². The zero-order valence-electron chi connectivity index (χ0n) is 9.83. The number of carbonyl (C=O) groups excluding carboxylic acids is 1. The van der Waals surface area contributed by atoms with Crippen LogP contribution < -0.4 is 4.72 Å². The lowest BCUT2D eigenvalue weighted by Crippen LogP contribution is -2.30. The van der Waals surface area contributed by atoms with Crippen LogP contribution in [-0.4, -0.2) is 43.8 Å². The lowest BCUT2D eigenvalue weighted by molar-refractivity contribution is -0.127. The van der Waals surface area contributed by atoms with Gasteiger partial charge in [-0.05, 0) is 12.8 Å². The van der Waals surface area contributed by atoms with Crippen molar-refractivity contribution in [2.75, 3.05) is 19.6 Å². The largest absolute Gasteiger partial charge is 0.343 e. The number of likely N-dealkylation sites (tertiary alicyclic amines) is 1. The lowest BCUT2D eigenvalue weighted by Gasteiger charge is -2.14. The van der Waals surface area contributed by atoms with E-state index in [9.17, 15) is 13.2 Å². The van der Waals surface area contributed by atoms with Gasteiger partial charge in [-0.15, -0.1) is 11.3 Å². The molecule has 1 N–H and O–H groups in total. The van der Waals surface area contributed by atoms with Crippen molar-refractivity contribution in [3.05, 3.63) is 11.6 Å². The van der Waals surface area contributed by atoms with Gasteiger partial charge in [-0.1, -0.05) is 0 Å². The topological polar surface area (TPSA) is 79.4 Å². The number of amides is 1. The molecule has 1 aliphatic heterocycles. The fourth-order valence-corrected chi connectivity index (χ4v) is 3.77. The molecule has 1 aromatic rings. The van der Waals surface area contributed by atoms with E-state index in [-0.39, 0.29) is 10.2 Å². The molecule has 100 valence electrons. The lowest BCUT2D eigenvalue weighted by atomic mass is 10.4. The van der Waals surface area contributed by atoms with E-state index in [2.05, 4.69) is 9.71 Å². The van der Waals surface area contributed by atoms with Gasteiger partial charge < -0.3 is 4.90 Å². The summed E-state index contributed by atoms with van der Waals surface area (Å²) in [6.07, 6.45) is 3.60. The van der Waals surface area contributed by atoms with E-state index in [0.29, 0.717) is 25.9 Å². The van der Waals surface area contributed by atoms with Gasteiger partial charge in [0.1, 0.15) is 0 Å². The number of rotatable bonds is 6. The summed E-state index contributed by atoms with van der Waals surface area (Å²) in [4.78, 5) is 16.9. The van der Waals surface area contributed by atoms with Crippen LogP contribution in [0.5, 0.6) is 0 Å². The average molecular weight is 289 g/mol. The Morgan fingerprint density at radius 3 is 2.94 bits per heavy atom. The second-order valence-corrected chi connectivity index (χ2v) is 6.87. The number of hydrogen-bond donors (Lipinski definition) is 1. The molecule has 0 aromatic carbocycles. The molecule has 8 heteroatoms. The Balaban J connectivity index is 1.74. The highest BCUT2D eigenvalue weighted by molar-refractivity contribution is 7.91. The quantitative estimate of drug-likeness (QED) is 0.770. The third kappa shape index (κ3) is 3.27. The second kappa shape index (κ2) is 5.77. The average Bonchev–Trinajstić information content (AvgIpc) is 2.96. The molecule has 0 spiro atoms. The maximum absolute atomic E-state index is 11.7. The van der Waals surface area contributed by atoms with Crippen LogP contribution in [0.25, 0.3) is 0 Å².